The summed E-state index contributed by atoms with van der Waals surface area (Å²) < 4.78 is 1.09. The maximum atomic E-state index is 4.79. The van der Waals surface area contributed by atoms with E-state index in [0.29, 0.717) is 0 Å². The lowest BCUT2D eigenvalue weighted by Crippen LogP contribution is -1.86. The van der Waals surface area contributed by atoms with Crippen molar-refractivity contribution in [3.8, 4) is 22.4 Å². The van der Waals surface area contributed by atoms with Crippen LogP contribution in [-0.4, -0.2) is 4.98 Å². The van der Waals surface area contributed by atoms with Gasteiger partial charge in [-0.15, -0.1) is 0 Å². The van der Waals surface area contributed by atoms with Crippen LogP contribution in [0.2, 0.25) is 0 Å². The summed E-state index contributed by atoms with van der Waals surface area (Å²) in [5, 5.41) is 1.16. The Morgan fingerprint density at radius 3 is 2.13 bits per heavy atom. The first-order valence-electron chi connectivity index (χ1n) is 7.52. The van der Waals surface area contributed by atoms with Crippen LogP contribution in [0.25, 0.3) is 33.3 Å². The summed E-state index contributed by atoms with van der Waals surface area (Å²) in [6, 6.07) is 29.3. The SMILES string of the molecule is Brc1ccc(-c2ccc3nc(-c4ccccc4)ccc3c2)cc1. The van der Waals surface area contributed by atoms with Gasteiger partial charge >= 0.3 is 0 Å². The maximum Gasteiger partial charge on any atom is 0.0709 e. The van der Waals surface area contributed by atoms with Gasteiger partial charge in [0, 0.05) is 15.4 Å². The third kappa shape index (κ3) is 2.90. The molecule has 0 amide bonds. The van der Waals surface area contributed by atoms with E-state index in [9.17, 15) is 0 Å². The van der Waals surface area contributed by atoms with Gasteiger partial charge in [-0.25, -0.2) is 4.98 Å². The zero-order valence-electron chi connectivity index (χ0n) is 12.4. The third-order valence-electron chi connectivity index (χ3n) is 3.94. The van der Waals surface area contributed by atoms with E-state index in [-0.39, 0.29) is 0 Å². The molecule has 0 aliphatic carbocycles. The number of nitrogens with zero attached hydrogens (tertiary/aromatic N) is 1. The highest BCUT2D eigenvalue weighted by Gasteiger charge is 2.03. The van der Waals surface area contributed by atoms with Crippen molar-refractivity contribution in [3.05, 3.63) is 89.4 Å². The number of benzene rings is 3. The normalized spacial score (nSPS) is 10.8. The Hall–Kier alpha value is -2.45. The Bertz CT molecular complexity index is 960. The Labute approximate surface area is 143 Å². The molecule has 0 aliphatic rings. The maximum absolute atomic E-state index is 4.79. The first-order valence-corrected chi connectivity index (χ1v) is 8.31. The molecule has 3 aromatic carbocycles. The van der Waals surface area contributed by atoms with E-state index in [0.717, 1.165) is 26.6 Å². The first kappa shape index (κ1) is 14.2. The van der Waals surface area contributed by atoms with Crippen molar-refractivity contribution in [1.29, 1.82) is 0 Å². The second kappa shape index (κ2) is 5.98. The van der Waals surface area contributed by atoms with E-state index < -0.39 is 0 Å². The molecule has 1 nitrogen and oxygen atoms in total. The summed E-state index contributed by atoms with van der Waals surface area (Å²) in [7, 11) is 0. The smallest absolute Gasteiger partial charge is 0.0709 e. The second-order valence-corrected chi connectivity index (χ2v) is 6.39. The van der Waals surface area contributed by atoms with Crippen LogP contribution in [0.4, 0.5) is 0 Å². The minimum atomic E-state index is 1.01. The predicted molar refractivity (Wildman–Crippen MR) is 100 cm³/mol. The molecule has 0 N–H and O–H groups in total. The standard InChI is InChI=1S/C21H14BrN/c22-19-10-6-15(7-11-19)17-8-12-21-18(14-17)9-13-20(23-21)16-4-2-1-3-5-16/h1-14H. The van der Waals surface area contributed by atoms with Gasteiger partial charge in [-0.05, 0) is 41.5 Å². The predicted octanol–water partition coefficient (Wildman–Crippen LogP) is 6.33. The van der Waals surface area contributed by atoms with Crippen molar-refractivity contribution in [1.82, 2.24) is 4.98 Å². The van der Waals surface area contributed by atoms with Gasteiger partial charge in [0.05, 0.1) is 11.2 Å². The molecule has 23 heavy (non-hydrogen) atoms. The van der Waals surface area contributed by atoms with Crippen LogP contribution in [0.1, 0.15) is 0 Å². The fourth-order valence-corrected chi connectivity index (χ4v) is 2.98. The van der Waals surface area contributed by atoms with Crippen LogP contribution in [0.15, 0.2) is 89.4 Å². The molecular formula is C21H14BrN. The van der Waals surface area contributed by atoms with Gasteiger partial charge in [-0.1, -0.05) is 70.5 Å². The Morgan fingerprint density at radius 1 is 0.609 bits per heavy atom. The van der Waals surface area contributed by atoms with Gasteiger partial charge in [-0.2, -0.15) is 0 Å². The van der Waals surface area contributed by atoms with Crippen molar-refractivity contribution in [2.24, 2.45) is 0 Å². The minimum absolute atomic E-state index is 1.01. The Morgan fingerprint density at radius 2 is 1.35 bits per heavy atom. The molecule has 0 spiro atoms. The number of aromatic nitrogens is 1. The van der Waals surface area contributed by atoms with Crippen LogP contribution in [0.5, 0.6) is 0 Å². The number of fused-ring (bicyclic) bond motifs is 1. The van der Waals surface area contributed by atoms with Crippen molar-refractivity contribution in [2.75, 3.05) is 0 Å². The summed E-state index contributed by atoms with van der Waals surface area (Å²) >= 11 is 3.48. The molecule has 0 atom stereocenters. The third-order valence-corrected chi connectivity index (χ3v) is 4.46. The van der Waals surface area contributed by atoms with E-state index in [1.807, 2.05) is 18.2 Å². The fourth-order valence-electron chi connectivity index (χ4n) is 2.72. The zero-order valence-corrected chi connectivity index (χ0v) is 14.0. The average molecular weight is 360 g/mol. The lowest BCUT2D eigenvalue weighted by Gasteiger charge is -2.06. The largest absolute Gasteiger partial charge is 0.248 e. The molecule has 2 heteroatoms. The molecule has 0 unspecified atom stereocenters. The first-order chi connectivity index (χ1) is 11.3. The summed E-state index contributed by atoms with van der Waals surface area (Å²) in [5.41, 5.74) is 5.59. The van der Waals surface area contributed by atoms with Gasteiger partial charge in [0.2, 0.25) is 0 Å². The molecule has 0 aliphatic heterocycles. The van der Waals surface area contributed by atoms with Crippen molar-refractivity contribution in [2.45, 2.75) is 0 Å². The number of halogens is 1. The van der Waals surface area contributed by atoms with E-state index in [1.165, 1.54) is 11.1 Å². The number of rotatable bonds is 2. The molecule has 1 aromatic heterocycles. The molecule has 0 fully saturated rings. The molecule has 4 aromatic rings. The summed E-state index contributed by atoms with van der Waals surface area (Å²) in [4.78, 5) is 4.79. The van der Waals surface area contributed by atoms with Crippen LogP contribution in [-0.2, 0) is 0 Å². The Balaban J connectivity index is 1.77. The van der Waals surface area contributed by atoms with Gasteiger partial charge in [0.25, 0.3) is 0 Å². The van der Waals surface area contributed by atoms with E-state index in [2.05, 4.69) is 82.7 Å². The van der Waals surface area contributed by atoms with E-state index in [4.69, 9.17) is 4.98 Å². The van der Waals surface area contributed by atoms with Crippen LogP contribution >= 0.6 is 15.9 Å². The number of hydrogen-bond acceptors (Lipinski definition) is 1. The second-order valence-electron chi connectivity index (χ2n) is 5.48. The highest BCUT2D eigenvalue weighted by atomic mass is 79.9. The molecule has 0 radical (unpaired) electrons. The summed E-state index contributed by atoms with van der Waals surface area (Å²) in [6.07, 6.45) is 0. The number of pyridine rings is 1. The number of hydrogen-bond donors (Lipinski definition) is 0. The molecule has 1 heterocycles. The zero-order chi connectivity index (χ0) is 15.6. The molecule has 4 rings (SSSR count). The summed E-state index contributed by atoms with van der Waals surface area (Å²) in [5.74, 6) is 0. The molecular weight excluding hydrogens is 346 g/mol. The van der Waals surface area contributed by atoms with Crippen molar-refractivity contribution < 1.29 is 0 Å². The van der Waals surface area contributed by atoms with Crippen molar-refractivity contribution in [3.63, 3.8) is 0 Å². The summed E-state index contributed by atoms with van der Waals surface area (Å²) in [6.45, 7) is 0. The van der Waals surface area contributed by atoms with Crippen LogP contribution < -0.4 is 0 Å². The monoisotopic (exact) mass is 359 g/mol. The van der Waals surface area contributed by atoms with Gasteiger partial charge in [0.1, 0.15) is 0 Å². The van der Waals surface area contributed by atoms with Gasteiger partial charge < -0.3 is 0 Å². The lowest BCUT2D eigenvalue weighted by atomic mass is 10.0. The van der Waals surface area contributed by atoms with E-state index >= 15 is 0 Å². The molecule has 110 valence electrons. The Kier molecular flexibility index (Phi) is 3.68. The van der Waals surface area contributed by atoms with Gasteiger partial charge in [0.15, 0.2) is 0 Å². The molecule has 0 saturated heterocycles. The van der Waals surface area contributed by atoms with Crippen LogP contribution in [0, 0.1) is 0 Å². The highest BCUT2D eigenvalue weighted by molar-refractivity contribution is 9.10. The van der Waals surface area contributed by atoms with Gasteiger partial charge in [-0.3, -0.25) is 0 Å². The fraction of sp³-hybridized carbons (Fsp3) is 0. The van der Waals surface area contributed by atoms with Crippen LogP contribution in [0.3, 0.4) is 0 Å². The average Bonchev–Trinajstić information content (AvgIpc) is 2.62. The highest BCUT2D eigenvalue weighted by Crippen LogP contribution is 2.27. The topological polar surface area (TPSA) is 12.9 Å². The minimum Gasteiger partial charge on any atom is -0.248 e. The quantitative estimate of drug-likeness (QED) is 0.407. The molecule has 0 bridgehead atoms. The lowest BCUT2D eigenvalue weighted by molar-refractivity contribution is 1.40. The van der Waals surface area contributed by atoms with E-state index in [1.54, 1.807) is 0 Å². The molecule has 0 saturated carbocycles. The van der Waals surface area contributed by atoms with Crippen molar-refractivity contribution >= 4 is 26.8 Å².